The van der Waals surface area contributed by atoms with E-state index in [9.17, 15) is 14.4 Å². The molecule has 1 N–H and O–H groups in total. The van der Waals surface area contributed by atoms with E-state index < -0.39 is 0 Å². The van der Waals surface area contributed by atoms with E-state index in [4.69, 9.17) is 0 Å². The third-order valence-electron chi connectivity index (χ3n) is 5.32. The maximum absolute atomic E-state index is 12.3. The highest BCUT2D eigenvalue weighted by atomic mass is 16.2. The van der Waals surface area contributed by atoms with E-state index in [1.54, 1.807) is 24.3 Å². The Morgan fingerprint density at radius 2 is 1.52 bits per heavy atom. The van der Waals surface area contributed by atoms with Gasteiger partial charge in [0.2, 0.25) is 5.91 Å². The fourth-order valence-corrected chi connectivity index (χ4v) is 3.51. The molecule has 0 radical (unpaired) electrons. The van der Waals surface area contributed by atoms with Crippen molar-refractivity contribution < 1.29 is 14.4 Å². The number of nitrogens with one attached hydrogen (secondary N) is 1. The van der Waals surface area contributed by atoms with E-state index in [-0.39, 0.29) is 42.1 Å². The second-order valence-corrected chi connectivity index (χ2v) is 8.57. The fourth-order valence-electron chi connectivity index (χ4n) is 3.51. The summed E-state index contributed by atoms with van der Waals surface area (Å²) in [5.41, 5.74) is 3.27. The van der Waals surface area contributed by atoms with Crippen molar-refractivity contribution in [2.45, 2.75) is 52.0 Å². The van der Waals surface area contributed by atoms with Gasteiger partial charge in [0.25, 0.3) is 11.8 Å². The predicted octanol–water partition coefficient (Wildman–Crippen LogP) is 4.24. The lowest BCUT2D eigenvalue weighted by molar-refractivity contribution is -0.121. The first-order valence-electron chi connectivity index (χ1n) is 10.0. The Bertz CT molecular complexity index is 891. The number of carbonyl (C=O) groups excluding carboxylic acids is 3. The summed E-state index contributed by atoms with van der Waals surface area (Å²) in [5, 5.41) is 2.99. The van der Waals surface area contributed by atoms with Crippen molar-refractivity contribution in [3.8, 4) is 0 Å². The van der Waals surface area contributed by atoms with E-state index in [1.807, 2.05) is 19.1 Å². The zero-order valence-electron chi connectivity index (χ0n) is 17.5. The second-order valence-electron chi connectivity index (χ2n) is 8.57. The molecule has 0 spiro atoms. The zero-order valence-corrected chi connectivity index (χ0v) is 17.5. The Hall–Kier alpha value is -2.95. The third-order valence-corrected chi connectivity index (χ3v) is 5.32. The molecule has 5 heteroatoms. The van der Waals surface area contributed by atoms with E-state index in [1.165, 1.54) is 10.5 Å². The first-order chi connectivity index (χ1) is 13.7. The standard InChI is InChI=1S/C24H28N2O3/c1-16(17-11-13-18(14-12-17)24(2,3)4)25-21(27)10-7-15-26-22(28)19-8-5-6-9-20(19)23(26)29/h5-6,8-9,11-14,16H,7,10,15H2,1-4H3,(H,25,27)/t16-/m0/s1. The van der Waals surface area contributed by atoms with Gasteiger partial charge in [0, 0.05) is 13.0 Å². The Labute approximate surface area is 172 Å². The highest BCUT2D eigenvalue weighted by Crippen LogP contribution is 2.24. The topological polar surface area (TPSA) is 66.5 Å². The van der Waals surface area contributed by atoms with Crippen molar-refractivity contribution in [2.75, 3.05) is 6.54 Å². The minimum atomic E-state index is -0.279. The van der Waals surface area contributed by atoms with Crippen LogP contribution < -0.4 is 5.32 Å². The van der Waals surface area contributed by atoms with Crippen molar-refractivity contribution in [1.82, 2.24) is 10.2 Å². The van der Waals surface area contributed by atoms with Gasteiger partial charge in [0.1, 0.15) is 0 Å². The Morgan fingerprint density at radius 3 is 2.03 bits per heavy atom. The van der Waals surface area contributed by atoms with Gasteiger partial charge in [0.05, 0.1) is 17.2 Å². The summed E-state index contributed by atoms with van der Waals surface area (Å²) in [4.78, 5) is 38.2. The first kappa shape index (κ1) is 20.8. The Balaban J connectivity index is 1.49. The molecule has 0 saturated carbocycles. The van der Waals surface area contributed by atoms with Crippen molar-refractivity contribution in [3.63, 3.8) is 0 Å². The molecular formula is C24H28N2O3. The van der Waals surface area contributed by atoms with Gasteiger partial charge in [-0.3, -0.25) is 19.3 Å². The molecule has 2 aromatic carbocycles. The molecule has 3 rings (SSSR count). The summed E-state index contributed by atoms with van der Waals surface area (Å²) in [7, 11) is 0. The average Bonchev–Trinajstić information content (AvgIpc) is 2.92. The van der Waals surface area contributed by atoms with Crippen molar-refractivity contribution in [3.05, 3.63) is 70.8 Å². The summed E-state index contributed by atoms with van der Waals surface area (Å²) in [5.74, 6) is -0.648. The number of rotatable bonds is 6. The lowest BCUT2D eigenvalue weighted by Crippen LogP contribution is -2.32. The molecule has 0 unspecified atom stereocenters. The molecule has 0 fully saturated rings. The van der Waals surface area contributed by atoms with Crippen LogP contribution >= 0.6 is 0 Å². The van der Waals surface area contributed by atoms with Crippen LogP contribution in [0.15, 0.2) is 48.5 Å². The molecule has 1 atom stereocenters. The van der Waals surface area contributed by atoms with E-state index >= 15 is 0 Å². The van der Waals surface area contributed by atoms with Crippen LogP contribution in [0, 0.1) is 0 Å². The van der Waals surface area contributed by atoms with Crippen LogP contribution in [0.4, 0.5) is 0 Å². The minimum Gasteiger partial charge on any atom is -0.350 e. The number of hydrogen-bond donors (Lipinski definition) is 1. The largest absolute Gasteiger partial charge is 0.350 e. The maximum Gasteiger partial charge on any atom is 0.261 e. The van der Waals surface area contributed by atoms with Gasteiger partial charge < -0.3 is 5.32 Å². The Kier molecular flexibility index (Phi) is 5.87. The molecule has 0 saturated heterocycles. The van der Waals surface area contributed by atoms with Crippen LogP contribution in [-0.2, 0) is 10.2 Å². The summed E-state index contributed by atoms with van der Waals surface area (Å²) < 4.78 is 0. The highest BCUT2D eigenvalue weighted by molar-refractivity contribution is 6.21. The number of hydrogen-bond acceptors (Lipinski definition) is 3. The molecule has 1 aliphatic rings. The molecular weight excluding hydrogens is 364 g/mol. The summed E-state index contributed by atoms with van der Waals surface area (Å²) in [6, 6.07) is 15.0. The highest BCUT2D eigenvalue weighted by Gasteiger charge is 2.34. The average molecular weight is 392 g/mol. The lowest BCUT2D eigenvalue weighted by Gasteiger charge is -2.21. The quantitative estimate of drug-likeness (QED) is 0.748. The van der Waals surface area contributed by atoms with Crippen LogP contribution in [0.25, 0.3) is 0 Å². The van der Waals surface area contributed by atoms with Gasteiger partial charge in [-0.1, -0.05) is 57.2 Å². The molecule has 5 nitrogen and oxygen atoms in total. The molecule has 2 aromatic rings. The van der Waals surface area contributed by atoms with Crippen LogP contribution in [0.3, 0.4) is 0 Å². The van der Waals surface area contributed by atoms with Gasteiger partial charge in [-0.2, -0.15) is 0 Å². The van der Waals surface area contributed by atoms with Gasteiger partial charge in [-0.25, -0.2) is 0 Å². The summed E-state index contributed by atoms with van der Waals surface area (Å²) >= 11 is 0. The first-order valence-corrected chi connectivity index (χ1v) is 10.0. The van der Waals surface area contributed by atoms with Crippen LogP contribution in [-0.4, -0.2) is 29.2 Å². The van der Waals surface area contributed by atoms with Crippen molar-refractivity contribution in [1.29, 1.82) is 0 Å². The summed E-state index contributed by atoms with van der Waals surface area (Å²) in [6.07, 6.45) is 0.699. The summed E-state index contributed by atoms with van der Waals surface area (Å²) in [6.45, 7) is 8.70. The molecule has 152 valence electrons. The van der Waals surface area contributed by atoms with Crippen molar-refractivity contribution in [2.24, 2.45) is 0 Å². The molecule has 1 aliphatic heterocycles. The van der Waals surface area contributed by atoms with E-state index in [0.717, 1.165) is 5.56 Å². The predicted molar refractivity (Wildman–Crippen MR) is 113 cm³/mol. The molecule has 3 amide bonds. The SMILES string of the molecule is C[C@H](NC(=O)CCCN1C(=O)c2ccccc2C1=O)c1ccc(C(C)(C)C)cc1. The lowest BCUT2D eigenvalue weighted by atomic mass is 9.86. The number of fused-ring (bicyclic) bond motifs is 1. The second kappa shape index (κ2) is 8.19. The smallest absolute Gasteiger partial charge is 0.261 e. The van der Waals surface area contributed by atoms with Crippen LogP contribution in [0.5, 0.6) is 0 Å². The number of nitrogens with zero attached hydrogens (tertiary/aromatic N) is 1. The molecule has 29 heavy (non-hydrogen) atoms. The van der Waals surface area contributed by atoms with Gasteiger partial charge in [0.15, 0.2) is 0 Å². The third kappa shape index (κ3) is 4.56. The zero-order chi connectivity index (χ0) is 21.2. The molecule has 0 bridgehead atoms. The number of imide groups is 1. The van der Waals surface area contributed by atoms with Gasteiger partial charge in [-0.15, -0.1) is 0 Å². The van der Waals surface area contributed by atoms with Crippen LogP contribution in [0.1, 0.15) is 78.4 Å². The number of carbonyl (C=O) groups is 3. The maximum atomic E-state index is 12.3. The number of amides is 3. The monoisotopic (exact) mass is 392 g/mol. The van der Waals surface area contributed by atoms with Crippen molar-refractivity contribution >= 4 is 17.7 Å². The molecule has 1 heterocycles. The fraction of sp³-hybridized carbons (Fsp3) is 0.375. The number of benzene rings is 2. The van der Waals surface area contributed by atoms with Gasteiger partial charge in [-0.05, 0) is 42.0 Å². The normalized spacial score (nSPS) is 14.7. The molecule has 0 aliphatic carbocycles. The minimum absolute atomic E-state index is 0.0889. The molecule has 0 aromatic heterocycles. The van der Waals surface area contributed by atoms with E-state index in [2.05, 4.69) is 38.2 Å². The van der Waals surface area contributed by atoms with Crippen LogP contribution in [0.2, 0.25) is 0 Å². The van der Waals surface area contributed by atoms with E-state index in [0.29, 0.717) is 17.5 Å². The van der Waals surface area contributed by atoms with Gasteiger partial charge >= 0.3 is 0 Å². The Morgan fingerprint density at radius 1 is 0.966 bits per heavy atom.